The zero-order valence-electron chi connectivity index (χ0n) is 9.25. The second kappa shape index (κ2) is 3.77. The van der Waals surface area contributed by atoms with Crippen molar-refractivity contribution < 1.29 is 5.11 Å². The third-order valence-electron chi connectivity index (χ3n) is 2.28. The smallest absolute Gasteiger partial charge is 0.148 e. The molecule has 0 atom stereocenters. The summed E-state index contributed by atoms with van der Waals surface area (Å²) in [7, 11) is 3.79. The van der Waals surface area contributed by atoms with Gasteiger partial charge in [-0.1, -0.05) is 12.1 Å². The molecule has 0 bridgehead atoms. The van der Waals surface area contributed by atoms with Gasteiger partial charge in [-0.3, -0.25) is 0 Å². The van der Waals surface area contributed by atoms with E-state index in [0.717, 1.165) is 5.82 Å². The van der Waals surface area contributed by atoms with E-state index in [4.69, 9.17) is 5.73 Å². The third-order valence-corrected chi connectivity index (χ3v) is 2.28. The fourth-order valence-electron chi connectivity index (χ4n) is 1.53. The minimum Gasteiger partial charge on any atom is -0.506 e. The molecule has 5 heteroatoms. The summed E-state index contributed by atoms with van der Waals surface area (Å²) in [5.74, 6) is 1.42. The van der Waals surface area contributed by atoms with Crippen LogP contribution in [-0.2, 0) is 0 Å². The minimum absolute atomic E-state index is 0.175. The number of anilines is 2. The molecular weight excluding hydrogens is 204 g/mol. The molecule has 0 saturated heterocycles. The monoisotopic (exact) mass is 218 g/mol. The third kappa shape index (κ3) is 1.67. The summed E-state index contributed by atoms with van der Waals surface area (Å²) in [6.45, 7) is 0. The van der Waals surface area contributed by atoms with E-state index >= 15 is 0 Å². The van der Waals surface area contributed by atoms with Gasteiger partial charge >= 0.3 is 0 Å². The lowest BCUT2D eigenvalue weighted by Crippen LogP contribution is -2.14. The van der Waals surface area contributed by atoms with Crippen LogP contribution in [0.2, 0.25) is 0 Å². The molecule has 0 aliphatic heterocycles. The van der Waals surface area contributed by atoms with Crippen LogP contribution in [0.1, 0.15) is 0 Å². The van der Waals surface area contributed by atoms with Crippen molar-refractivity contribution in [3.05, 3.63) is 30.3 Å². The van der Waals surface area contributed by atoms with E-state index in [1.165, 1.54) is 0 Å². The van der Waals surface area contributed by atoms with Crippen LogP contribution in [0.25, 0.3) is 5.69 Å². The molecule has 0 aliphatic carbocycles. The van der Waals surface area contributed by atoms with Crippen molar-refractivity contribution in [2.75, 3.05) is 24.7 Å². The summed E-state index contributed by atoms with van der Waals surface area (Å²) < 4.78 is 1.62. The predicted octanol–water partition coefficient (Wildman–Crippen LogP) is 1.23. The second-order valence-corrected chi connectivity index (χ2v) is 3.72. The Labute approximate surface area is 93.7 Å². The maximum absolute atomic E-state index is 9.76. The van der Waals surface area contributed by atoms with Gasteiger partial charge in [-0.05, 0) is 12.1 Å². The fraction of sp³-hybridized carbons (Fsp3) is 0.182. The number of nitrogens with zero attached hydrogens (tertiary/aromatic N) is 3. The Morgan fingerprint density at radius 2 is 2.00 bits per heavy atom. The highest BCUT2D eigenvalue weighted by atomic mass is 16.3. The first-order valence-electron chi connectivity index (χ1n) is 4.91. The molecule has 2 aromatic rings. The molecule has 0 fully saturated rings. The first kappa shape index (κ1) is 10.4. The van der Waals surface area contributed by atoms with Gasteiger partial charge in [0.2, 0.25) is 0 Å². The number of para-hydroxylation sites is 2. The number of hydrogen-bond donors (Lipinski definition) is 2. The zero-order valence-corrected chi connectivity index (χ0v) is 9.25. The lowest BCUT2D eigenvalue weighted by molar-refractivity contribution is 0.470. The molecular formula is C11H14N4O. The van der Waals surface area contributed by atoms with Crippen molar-refractivity contribution in [1.82, 2.24) is 9.78 Å². The number of hydrogen-bond acceptors (Lipinski definition) is 4. The number of phenols is 1. The maximum atomic E-state index is 9.76. The Bertz CT molecular complexity index is 504. The Morgan fingerprint density at radius 1 is 1.31 bits per heavy atom. The summed E-state index contributed by atoms with van der Waals surface area (Å²) in [6, 6.07) is 8.77. The lowest BCUT2D eigenvalue weighted by Gasteiger charge is -2.14. The topological polar surface area (TPSA) is 67.3 Å². The number of nitrogens with two attached hydrogens (primary N) is 1. The molecule has 0 spiro atoms. The van der Waals surface area contributed by atoms with Gasteiger partial charge in [0.1, 0.15) is 23.1 Å². The van der Waals surface area contributed by atoms with Gasteiger partial charge < -0.3 is 15.7 Å². The molecule has 0 aliphatic rings. The number of phenolic OH excluding ortho intramolecular Hbond substituents is 1. The van der Waals surface area contributed by atoms with E-state index in [1.54, 1.807) is 28.9 Å². The predicted molar refractivity (Wildman–Crippen MR) is 64.0 cm³/mol. The average Bonchev–Trinajstić information content (AvgIpc) is 2.61. The van der Waals surface area contributed by atoms with Crippen LogP contribution < -0.4 is 10.6 Å². The van der Waals surface area contributed by atoms with E-state index in [0.29, 0.717) is 11.5 Å². The quantitative estimate of drug-likeness (QED) is 0.795. The molecule has 3 N–H and O–H groups in total. The zero-order chi connectivity index (χ0) is 11.7. The Hall–Kier alpha value is -2.17. The Balaban J connectivity index is 2.60. The highest BCUT2D eigenvalue weighted by Crippen LogP contribution is 2.26. The van der Waals surface area contributed by atoms with Crippen LogP contribution in [0.3, 0.4) is 0 Å². The lowest BCUT2D eigenvalue weighted by atomic mass is 10.3. The van der Waals surface area contributed by atoms with Crippen LogP contribution in [0.15, 0.2) is 30.3 Å². The molecule has 2 rings (SSSR count). The summed E-state index contributed by atoms with van der Waals surface area (Å²) in [4.78, 5) is 1.88. The van der Waals surface area contributed by atoms with Crippen molar-refractivity contribution >= 4 is 11.6 Å². The van der Waals surface area contributed by atoms with Crippen molar-refractivity contribution in [2.45, 2.75) is 0 Å². The molecule has 0 amide bonds. The molecule has 1 aromatic heterocycles. The molecule has 0 saturated carbocycles. The van der Waals surface area contributed by atoms with Crippen LogP contribution >= 0.6 is 0 Å². The normalized spacial score (nSPS) is 10.4. The van der Waals surface area contributed by atoms with Crippen molar-refractivity contribution in [3.8, 4) is 11.4 Å². The first-order valence-corrected chi connectivity index (χ1v) is 4.91. The number of aromatic hydroxyl groups is 1. The van der Waals surface area contributed by atoms with E-state index < -0.39 is 0 Å². The molecule has 84 valence electrons. The van der Waals surface area contributed by atoms with Crippen LogP contribution in [0.4, 0.5) is 11.6 Å². The number of benzene rings is 1. The summed E-state index contributed by atoms with van der Waals surface area (Å²) >= 11 is 0. The van der Waals surface area contributed by atoms with Gasteiger partial charge in [0.15, 0.2) is 0 Å². The van der Waals surface area contributed by atoms with Crippen LogP contribution in [0, 0.1) is 0 Å². The van der Waals surface area contributed by atoms with E-state index in [2.05, 4.69) is 5.10 Å². The number of nitrogen functional groups attached to an aromatic ring is 1. The van der Waals surface area contributed by atoms with E-state index in [9.17, 15) is 5.11 Å². The van der Waals surface area contributed by atoms with Crippen molar-refractivity contribution in [2.24, 2.45) is 0 Å². The van der Waals surface area contributed by atoms with Gasteiger partial charge in [0.25, 0.3) is 0 Å². The van der Waals surface area contributed by atoms with Crippen molar-refractivity contribution in [1.29, 1.82) is 0 Å². The molecule has 16 heavy (non-hydrogen) atoms. The van der Waals surface area contributed by atoms with E-state index in [-0.39, 0.29) is 5.75 Å². The number of rotatable bonds is 2. The SMILES string of the molecule is CN(C)c1cc(N)nn1-c1ccccc1O. The summed E-state index contributed by atoms with van der Waals surface area (Å²) in [6.07, 6.45) is 0. The average molecular weight is 218 g/mol. The highest BCUT2D eigenvalue weighted by Gasteiger charge is 2.12. The van der Waals surface area contributed by atoms with Crippen LogP contribution in [0.5, 0.6) is 5.75 Å². The molecule has 5 nitrogen and oxygen atoms in total. The van der Waals surface area contributed by atoms with Crippen molar-refractivity contribution in [3.63, 3.8) is 0 Å². The second-order valence-electron chi connectivity index (χ2n) is 3.72. The van der Waals surface area contributed by atoms with Gasteiger partial charge in [0.05, 0.1) is 0 Å². The fourth-order valence-corrected chi connectivity index (χ4v) is 1.53. The summed E-state index contributed by atoms with van der Waals surface area (Å²) in [5, 5.41) is 13.9. The van der Waals surface area contributed by atoms with Gasteiger partial charge in [-0.25, -0.2) is 4.68 Å². The Morgan fingerprint density at radius 3 is 2.62 bits per heavy atom. The largest absolute Gasteiger partial charge is 0.506 e. The maximum Gasteiger partial charge on any atom is 0.148 e. The number of aromatic nitrogens is 2. The molecule has 0 radical (unpaired) electrons. The Kier molecular flexibility index (Phi) is 2.44. The summed E-state index contributed by atoms with van der Waals surface area (Å²) in [5.41, 5.74) is 6.28. The van der Waals surface area contributed by atoms with Gasteiger partial charge in [-0.15, -0.1) is 5.10 Å². The van der Waals surface area contributed by atoms with Gasteiger partial charge in [-0.2, -0.15) is 0 Å². The first-order chi connectivity index (χ1) is 7.59. The van der Waals surface area contributed by atoms with Crippen LogP contribution in [-0.4, -0.2) is 29.0 Å². The molecule has 1 aromatic carbocycles. The minimum atomic E-state index is 0.175. The molecule has 1 heterocycles. The molecule has 0 unspecified atom stereocenters. The van der Waals surface area contributed by atoms with Gasteiger partial charge in [0, 0.05) is 20.2 Å². The standard InChI is InChI=1S/C11H14N4O/c1-14(2)11-7-10(12)13-15(11)8-5-3-4-6-9(8)16/h3-7,16H,1-2H3,(H2,12,13). The highest BCUT2D eigenvalue weighted by molar-refractivity contribution is 5.56. The van der Waals surface area contributed by atoms with E-state index in [1.807, 2.05) is 25.1 Å².